The summed E-state index contributed by atoms with van der Waals surface area (Å²) in [7, 11) is 0. The average Bonchev–Trinajstić information content (AvgIpc) is 3.47. The number of Topliss-reactive ketones (excluding diaryl/α,β-unsaturated/α-hetero) is 1. The van der Waals surface area contributed by atoms with Gasteiger partial charge in [0.25, 0.3) is 5.91 Å². The van der Waals surface area contributed by atoms with E-state index in [-0.39, 0.29) is 18.1 Å². The quantitative estimate of drug-likeness (QED) is 0.349. The Morgan fingerprint density at radius 3 is 2.85 bits per heavy atom. The van der Waals surface area contributed by atoms with Crippen LogP contribution in [-0.4, -0.2) is 47.0 Å². The van der Waals surface area contributed by atoms with E-state index >= 15 is 0 Å². The number of hydrogen-bond acceptors (Lipinski definition) is 7. The van der Waals surface area contributed by atoms with Gasteiger partial charge in [0, 0.05) is 24.3 Å². The Bertz CT molecular complexity index is 1070. The topological polar surface area (TPSA) is 84.0 Å². The van der Waals surface area contributed by atoms with Crippen LogP contribution in [-0.2, 0) is 0 Å². The van der Waals surface area contributed by atoms with Gasteiger partial charge in [-0.05, 0) is 49.2 Å². The number of carbonyl (C=O) groups excluding carboxylic acids is 2. The summed E-state index contributed by atoms with van der Waals surface area (Å²) in [5.41, 5.74) is 1.55. The molecule has 3 aromatic rings. The Kier molecular flexibility index (Phi) is 7.40. The highest BCUT2D eigenvalue weighted by atomic mass is 32.1. The van der Waals surface area contributed by atoms with E-state index in [9.17, 15) is 22.8 Å². The van der Waals surface area contributed by atoms with Crippen molar-refractivity contribution in [1.29, 1.82) is 0 Å². The molecule has 3 atom stereocenters. The minimum absolute atomic E-state index is 0.0961. The molecule has 1 amide bonds. The molecule has 1 fully saturated rings. The zero-order valence-corrected chi connectivity index (χ0v) is 19.2. The van der Waals surface area contributed by atoms with Crippen LogP contribution in [0, 0.1) is 11.8 Å². The number of amides is 1. The summed E-state index contributed by atoms with van der Waals surface area (Å²) in [6.07, 6.45) is 1.10. The number of halogens is 3. The number of pyridine rings is 1. The fourth-order valence-electron chi connectivity index (χ4n) is 4.33. The van der Waals surface area contributed by atoms with E-state index in [4.69, 9.17) is 0 Å². The third-order valence-corrected chi connectivity index (χ3v) is 7.59. The Balaban J connectivity index is 1.32. The number of thiazole rings is 1. The fourth-order valence-corrected chi connectivity index (χ4v) is 5.82. The van der Waals surface area contributed by atoms with Gasteiger partial charge < -0.3 is 10.6 Å². The molecule has 3 unspecified atom stereocenters. The van der Waals surface area contributed by atoms with Crippen LogP contribution in [0.4, 0.5) is 13.2 Å². The predicted octanol–water partition coefficient (Wildman–Crippen LogP) is 4.69. The maximum atomic E-state index is 13.7. The minimum Gasteiger partial charge on any atom is -0.351 e. The molecule has 1 aliphatic heterocycles. The number of ketones is 1. The van der Waals surface area contributed by atoms with Crippen molar-refractivity contribution in [2.24, 2.45) is 11.8 Å². The largest absolute Gasteiger partial charge is 0.404 e. The lowest BCUT2D eigenvalue weighted by Gasteiger charge is -2.38. The SMILES string of the molecule is O=C(NCCCCC1CCNC(C(F)(F)F)C1C(=O)c1cscn1)c1cc2ccncc2s1. The van der Waals surface area contributed by atoms with Crippen LogP contribution in [0.25, 0.3) is 10.1 Å². The number of rotatable bonds is 8. The van der Waals surface area contributed by atoms with Crippen LogP contribution in [0.5, 0.6) is 0 Å². The van der Waals surface area contributed by atoms with E-state index in [1.54, 1.807) is 12.4 Å². The average molecular weight is 497 g/mol. The van der Waals surface area contributed by atoms with Crippen molar-refractivity contribution in [3.8, 4) is 0 Å². The van der Waals surface area contributed by atoms with E-state index in [1.807, 2.05) is 12.1 Å². The second-order valence-electron chi connectivity index (χ2n) is 8.06. The van der Waals surface area contributed by atoms with E-state index in [0.29, 0.717) is 37.1 Å². The summed E-state index contributed by atoms with van der Waals surface area (Å²) >= 11 is 2.56. The molecular weight excluding hydrogens is 473 g/mol. The number of aromatic nitrogens is 2. The minimum atomic E-state index is -4.51. The van der Waals surface area contributed by atoms with Gasteiger partial charge in [-0.2, -0.15) is 13.2 Å². The Hall–Kier alpha value is -2.37. The van der Waals surface area contributed by atoms with Gasteiger partial charge in [0.2, 0.25) is 0 Å². The van der Waals surface area contributed by atoms with Gasteiger partial charge in [-0.3, -0.25) is 14.6 Å². The number of fused-ring (bicyclic) bond motifs is 1. The number of piperidine rings is 1. The molecule has 33 heavy (non-hydrogen) atoms. The standard InChI is InChI=1S/C22H23F3N4O2S2/c23-22(24,25)20-18(19(30)15-11-32-12-29-15)13(5-8-27-20)3-1-2-6-28-21(31)16-9-14-4-7-26-10-17(14)33-16/h4,7,9-13,18,20,27H,1-3,5-6,8H2,(H,28,31). The molecule has 1 aliphatic rings. The van der Waals surface area contributed by atoms with E-state index in [0.717, 1.165) is 10.1 Å². The number of nitrogens with zero attached hydrogens (tertiary/aromatic N) is 2. The van der Waals surface area contributed by atoms with Crippen molar-refractivity contribution in [2.45, 2.75) is 37.9 Å². The first-order chi connectivity index (χ1) is 15.8. The maximum absolute atomic E-state index is 13.7. The molecule has 3 aromatic heterocycles. The monoisotopic (exact) mass is 496 g/mol. The summed E-state index contributed by atoms with van der Waals surface area (Å²) < 4.78 is 41.9. The fraction of sp³-hybridized carbons (Fsp3) is 0.455. The number of hydrogen-bond donors (Lipinski definition) is 2. The Morgan fingerprint density at radius 1 is 1.27 bits per heavy atom. The smallest absolute Gasteiger partial charge is 0.351 e. The molecule has 176 valence electrons. The lowest BCUT2D eigenvalue weighted by Crippen LogP contribution is -2.56. The van der Waals surface area contributed by atoms with Gasteiger partial charge in [0.05, 0.1) is 21.0 Å². The van der Waals surface area contributed by atoms with Gasteiger partial charge in [0.15, 0.2) is 5.78 Å². The van der Waals surface area contributed by atoms with Crippen LogP contribution >= 0.6 is 22.7 Å². The van der Waals surface area contributed by atoms with Crippen LogP contribution < -0.4 is 10.6 Å². The first-order valence-corrected chi connectivity index (χ1v) is 12.4. The van der Waals surface area contributed by atoms with E-state index < -0.39 is 29.8 Å². The van der Waals surface area contributed by atoms with E-state index in [2.05, 4.69) is 20.6 Å². The number of thiophene rings is 1. The third kappa shape index (κ3) is 5.59. The molecule has 0 aromatic carbocycles. The summed E-state index contributed by atoms with van der Waals surface area (Å²) in [4.78, 5) is 33.9. The normalized spacial score (nSPS) is 21.2. The zero-order chi connectivity index (χ0) is 23.4. The molecule has 11 heteroatoms. The highest BCUT2D eigenvalue weighted by molar-refractivity contribution is 7.20. The third-order valence-electron chi connectivity index (χ3n) is 5.92. The second kappa shape index (κ2) is 10.3. The summed E-state index contributed by atoms with van der Waals surface area (Å²) in [6, 6.07) is 1.80. The zero-order valence-electron chi connectivity index (χ0n) is 17.6. The molecule has 0 bridgehead atoms. The van der Waals surface area contributed by atoms with Crippen LogP contribution in [0.1, 0.15) is 45.8 Å². The van der Waals surface area contributed by atoms with Crippen molar-refractivity contribution in [1.82, 2.24) is 20.6 Å². The Morgan fingerprint density at radius 2 is 2.12 bits per heavy atom. The van der Waals surface area contributed by atoms with Crippen LogP contribution in [0.15, 0.2) is 35.4 Å². The van der Waals surface area contributed by atoms with Gasteiger partial charge in [-0.15, -0.1) is 22.7 Å². The molecule has 0 saturated carbocycles. The molecule has 0 aliphatic carbocycles. The molecule has 4 rings (SSSR count). The molecule has 6 nitrogen and oxygen atoms in total. The first kappa shape index (κ1) is 23.8. The molecule has 1 saturated heterocycles. The van der Waals surface area contributed by atoms with Crippen LogP contribution in [0.2, 0.25) is 0 Å². The van der Waals surface area contributed by atoms with Crippen molar-refractivity contribution in [2.75, 3.05) is 13.1 Å². The summed E-state index contributed by atoms with van der Waals surface area (Å²) in [6.45, 7) is 0.636. The van der Waals surface area contributed by atoms with Gasteiger partial charge in [-0.1, -0.05) is 6.42 Å². The van der Waals surface area contributed by atoms with Crippen molar-refractivity contribution < 1.29 is 22.8 Å². The molecule has 0 radical (unpaired) electrons. The maximum Gasteiger partial charge on any atom is 0.404 e. The van der Waals surface area contributed by atoms with Gasteiger partial charge in [0.1, 0.15) is 11.7 Å². The molecular formula is C22H23F3N4O2S2. The number of nitrogens with one attached hydrogen (secondary N) is 2. The highest BCUT2D eigenvalue weighted by Crippen LogP contribution is 2.38. The summed E-state index contributed by atoms with van der Waals surface area (Å²) in [5.74, 6) is -2.31. The lowest BCUT2D eigenvalue weighted by molar-refractivity contribution is -0.173. The molecule has 0 spiro atoms. The van der Waals surface area contributed by atoms with Crippen molar-refractivity contribution in [3.63, 3.8) is 0 Å². The van der Waals surface area contributed by atoms with Crippen molar-refractivity contribution in [3.05, 3.63) is 46.0 Å². The van der Waals surface area contributed by atoms with Gasteiger partial charge >= 0.3 is 6.18 Å². The number of alkyl halides is 3. The number of unbranched alkanes of at least 4 members (excludes halogenated alkanes) is 1. The Labute approximate surface area is 196 Å². The van der Waals surface area contributed by atoms with E-state index in [1.165, 1.54) is 33.6 Å². The highest BCUT2D eigenvalue weighted by Gasteiger charge is 2.51. The second-order valence-corrected chi connectivity index (χ2v) is 9.86. The predicted molar refractivity (Wildman–Crippen MR) is 122 cm³/mol. The van der Waals surface area contributed by atoms with Gasteiger partial charge in [-0.25, -0.2) is 4.98 Å². The first-order valence-electron chi connectivity index (χ1n) is 10.7. The van der Waals surface area contributed by atoms with Crippen LogP contribution in [0.3, 0.4) is 0 Å². The molecule has 2 N–H and O–H groups in total. The molecule has 4 heterocycles. The lowest BCUT2D eigenvalue weighted by atomic mass is 9.74. The number of carbonyl (C=O) groups is 2. The summed E-state index contributed by atoms with van der Waals surface area (Å²) in [5, 5.41) is 7.83. The van der Waals surface area contributed by atoms with Crippen molar-refractivity contribution >= 4 is 44.5 Å².